The minimum absolute atomic E-state index is 0.0723. The summed E-state index contributed by atoms with van der Waals surface area (Å²) in [6, 6.07) is 9.51. The first-order valence-corrected chi connectivity index (χ1v) is 5.75. The molecule has 17 heavy (non-hydrogen) atoms. The standard InChI is InChI=1S/C14H16N2O/c1-10(2)14-7-8-16(15-14)13-6-4-5-12(9-13)11(3)17/h4-10H,1-3H3. The third kappa shape index (κ3) is 2.44. The van der Waals surface area contributed by atoms with Gasteiger partial charge in [-0.05, 0) is 31.0 Å². The Bertz CT molecular complexity index is 541. The van der Waals surface area contributed by atoms with E-state index in [0.29, 0.717) is 11.5 Å². The molecule has 0 saturated carbocycles. The van der Waals surface area contributed by atoms with E-state index in [0.717, 1.165) is 11.4 Å². The summed E-state index contributed by atoms with van der Waals surface area (Å²) in [6.45, 7) is 5.79. The molecule has 1 aromatic heterocycles. The van der Waals surface area contributed by atoms with Crippen molar-refractivity contribution in [2.24, 2.45) is 0 Å². The van der Waals surface area contributed by atoms with E-state index < -0.39 is 0 Å². The van der Waals surface area contributed by atoms with Gasteiger partial charge in [0.05, 0.1) is 11.4 Å². The predicted octanol–water partition coefficient (Wildman–Crippen LogP) is 3.20. The molecular formula is C14H16N2O. The van der Waals surface area contributed by atoms with Crippen LogP contribution in [0.25, 0.3) is 5.69 Å². The van der Waals surface area contributed by atoms with Crippen LogP contribution in [0, 0.1) is 0 Å². The van der Waals surface area contributed by atoms with Crippen LogP contribution in [0.4, 0.5) is 0 Å². The SMILES string of the molecule is CC(=O)c1cccc(-n2ccc(C(C)C)n2)c1. The Morgan fingerprint density at radius 1 is 1.29 bits per heavy atom. The predicted molar refractivity (Wildman–Crippen MR) is 67.7 cm³/mol. The number of ketones is 1. The molecule has 0 bridgehead atoms. The van der Waals surface area contributed by atoms with Crippen molar-refractivity contribution < 1.29 is 4.79 Å². The molecule has 0 amide bonds. The Kier molecular flexibility index (Phi) is 3.09. The summed E-state index contributed by atoms with van der Waals surface area (Å²) in [4.78, 5) is 11.3. The first kappa shape index (κ1) is 11.6. The number of carbonyl (C=O) groups is 1. The molecule has 88 valence electrons. The fraction of sp³-hybridized carbons (Fsp3) is 0.286. The Balaban J connectivity index is 2.38. The average Bonchev–Trinajstić information content (AvgIpc) is 2.78. The molecule has 0 radical (unpaired) electrons. The maximum Gasteiger partial charge on any atom is 0.159 e. The van der Waals surface area contributed by atoms with Crippen molar-refractivity contribution in [3.8, 4) is 5.69 Å². The lowest BCUT2D eigenvalue weighted by Crippen LogP contribution is -1.99. The van der Waals surface area contributed by atoms with Crippen LogP contribution in [0.3, 0.4) is 0 Å². The normalized spacial score (nSPS) is 10.8. The Morgan fingerprint density at radius 3 is 2.65 bits per heavy atom. The smallest absolute Gasteiger partial charge is 0.159 e. The number of rotatable bonds is 3. The molecule has 1 heterocycles. The van der Waals surface area contributed by atoms with Crippen LogP contribution in [0.2, 0.25) is 0 Å². The van der Waals surface area contributed by atoms with Gasteiger partial charge in [-0.25, -0.2) is 4.68 Å². The molecule has 0 aliphatic carbocycles. The molecule has 3 nitrogen and oxygen atoms in total. The molecule has 0 unspecified atom stereocenters. The second-order valence-electron chi connectivity index (χ2n) is 4.45. The molecule has 0 N–H and O–H groups in total. The largest absolute Gasteiger partial charge is 0.295 e. The minimum Gasteiger partial charge on any atom is -0.295 e. The second-order valence-corrected chi connectivity index (χ2v) is 4.45. The monoisotopic (exact) mass is 228 g/mol. The zero-order valence-corrected chi connectivity index (χ0v) is 10.3. The molecule has 2 aromatic rings. The fourth-order valence-electron chi connectivity index (χ4n) is 1.66. The maximum atomic E-state index is 11.3. The third-order valence-corrected chi connectivity index (χ3v) is 2.72. The number of carbonyl (C=O) groups excluding carboxylic acids is 1. The molecule has 2 rings (SSSR count). The number of hydrogen-bond donors (Lipinski definition) is 0. The summed E-state index contributed by atoms with van der Waals surface area (Å²) in [7, 11) is 0. The van der Waals surface area contributed by atoms with Crippen LogP contribution >= 0.6 is 0 Å². The Labute approximate surface area is 101 Å². The van der Waals surface area contributed by atoms with Gasteiger partial charge >= 0.3 is 0 Å². The van der Waals surface area contributed by atoms with Crippen LogP contribution in [0.15, 0.2) is 36.5 Å². The summed E-state index contributed by atoms with van der Waals surface area (Å²) in [5, 5.41) is 4.49. The molecule has 1 aromatic carbocycles. The van der Waals surface area contributed by atoms with Crippen LogP contribution < -0.4 is 0 Å². The Hall–Kier alpha value is -1.90. The fourth-order valence-corrected chi connectivity index (χ4v) is 1.66. The van der Waals surface area contributed by atoms with Gasteiger partial charge in [-0.15, -0.1) is 0 Å². The van der Waals surface area contributed by atoms with E-state index in [-0.39, 0.29) is 5.78 Å². The van der Waals surface area contributed by atoms with E-state index in [1.54, 1.807) is 6.92 Å². The lowest BCUT2D eigenvalue weighted by molar-refractivity contribution is 0.101. The second kappa shape index (κ2) is 4.53. The van der Waals surface area contributed by atoms with Gasteiger partial charge in [-0.1, -0.05) is 26.0 Å². The number of hydrogen-bond acceptors (Lipinski definition) is 2. The zero-order valence-electron chi connectivity index (χ0n) is 10.3. The molecule has 3 heteroatoms. The van der Waals surface area contributed by atoms with Crippen molar-refractivity contribution in [2.45, 2.75) is 26.7 Å². The lowest BCUT2D eigenvalue weighted by Gasteiger charge is -2.03. The molecule has 0 saturated heterocycles. The highest BCUT2D eigenvalue weighted by Crippen LogP contribution is 2.15. The zero-order chi connectivity index (χ0) is 12.4. The van der Waals surface area contributed by atoms with Gasteiger partial charge in [0.2, 0.25) is 0 Å². The molecule has 0 aliphatic heterocycles. The van der Waals surface area contributed by atoms with Gasteiger partial charge in [0.25, 0.3) is 0 Å². The van der Waals surface area contributed by atoms with Gasteiger partial charge in [-0.3, -0.25) is 4.79 Å². The average molecular weight is 228 g/mol. The van der Waals surface area contributed by atoms with Gasteiger partial charge in [0.1, 0.15) is 0 Å². The van der Waals surface area contributed by atoms with E-state index in [9.17, 15) is 4.79 Å². The van der Waals surface area contributed by atoms with Crippen LogP contribution in [0.1, 0.15) is 42.7 Å². The van der Waals surface area contributed by atoms with Crippen molar-refractivity contribution in [3.63, 3.8) is 0 Å². The van der Waals surface area contributed by atoms with Crippen LogP contribution in [0.5, 0.6) is 0 Å². The highest BCUT2D eigenvalue weighted by atomic mass is 16.1. The van der Waals surface area contributed by atoms with Crippen LogP contribution in [-0.2, 0) is 0 Å². The van der Waals surface area contributed by atoms with Gasteiger partial charge in [0.15, 0.2) is 5.78 Å². The van der Waals surface area contributed by atoms with Crippen LogP contribution in [-0.4, -0.2) is 15.6 Å². The number of Topliss-reactive ketones (excluding diaryl/α,β-unsaturated/α-hetero) is 1. The van der Waals surface area contributed by atoms with E-state index in [1.807, 2.05) is 41.2 Å². The van der Waals surface area contributed by atoms with Crippen molar-refractivity contribution in [1.29, 1.82) is 0 Å². The minimum atomic E-state index is 0.0723. The van der Waals surface area contributed by atoms with Crippen molar-refractivity contribution >= 4 is 5.78 Å². The topological polar surface area (TPSA) is 34.9 Å². The summed E-state index contributed by atoms with van der Waals surface area (Å²) >= 11 is 0. The van der Waals surface area contributed by atoms with E-state index in [1.165, 1.54) is 0 Å². The highest BCUT2D eigenvalue weighted by Gasteiger charge is 2.06. The third-order valence-electron chi connectivity index (χ3n) is 2.72. The summed E-state index contributed by atoms with van der Waals surface area (Å²) in [5.74, 6) is 0.482. The van der Waals surface area contributed by atoms with Gasteiger partial charge < -0.3 is 0 Å². The van der Waals surface area contributed by atoms with E-state index >= 15 is 0 Å². The molecular weight excluding hydrogens is 212 g/mol. The summed E-state index contributed by atoms with van der Waals surface area (Å²) in [5.41, 5.74) is 2.69. The Morgan fingerprint density at radius 2 is 2.06 bits per heavy atom. The highest BCUT2D eigenvalue weighted by molar-refractivity contribution is 5.94. The van der Waals surface area contributed by atoms with E-state index in [4.69, 9.17) is 0 Å². The first-order valence-electron chi connectivity index (χ1n) is 5.75. The van der Waals surface area contributed by atoms with Gasteiger partial charge in [-0.2, -0.15) is 5.10 Å². The first-order chi connectivity index (χ1) is 8.08. The molecule has 0 fully saturated rings. The lowest BCUT2D eigenvalue weighted by atomic mass is 10.1. The van der Waals surface area contributed by atoms with Crippen molar-refractivity contribution in [3.05, 3.63) is 47.8 Å². The van der Waals surface area contributed by atoms with Crippen molar-refractivity contribution in [1.82, 2.24) is 9.78 Å². The van der Waals surface area contributed by atoms with E-state index in [2.05, 4.69) is 18.9 Å². The molecule has 0 aliphatic rings. The van der Waals surface area contributed by atoms with Gasteiger partial charge in [0, 0.05) is 11.8 Å². The van der Waals surface area contributed by atoms with Crippen molar-refractivity contribution in [2.75, 3.05) is 0 Å². The summed E-state index contributed by atoms with van der Waals surface area (Å²) < 4.78 is 1.81. The number of benzene rings is 1. The summed E-state index contributed by atoms with van der Waals surface area (Å²) in [6.07, 6.45) is 1.93. The maximum absolute atomic E-state index is 11.3. The number of nitrogens with zero attached hydrogens (tertiary/aromatic N) is 2. The molecule has 0 spiro atoms. The quantitative estimate of drug-likeness (QED) is 0.756. The molecule has 0 atom stereocenters. The number of aromatic nitrogens is 2.